The van der Waals surface area contributed by atoms with Crippen molar-refractivity contribution >= 4 is 55.1 Å². The van der Waals surface area contributed by atoms with Gasteiger partial charge >= 0.3 is 6.18 Å². The summed E-state index contributed by atoms with van der Waals surface area (Å²) in [6, 6.07) is 16.0. The highest BCUT2D eigenvalue weighted by Gasteiger charge is 2.30. The van der Waals surface area contributed by atoms with Crippen LogP contribution in [-0.2, 0) is 18.5 Å². The van der Waals surface area contributed by atoms with Gasteiger partial charge in [-0.3, -0.25) is 9.36 Å². The lowest BCUT2D eigenvalue weighted by atomic mass is 10.1. The summed E-state index contributed by atoms with van der Waals surface area (Å²) in [6.07, 6.45) is -2.76. The van der Waals surface area contributed by atoms with Crippen molar-refractivity contribution in [3.8, 4) is 0 Å². The molecule has 0 amide bonds. The molecular weight excluding hydrogens is 503 g/mol. The maximum atomic E-state index is 13.5. The van der Waals surface area contributed by atoms with E-state index < -0.39 is 11.7 Å². The predicted octanol–water partition coefficient (Wildman–Crippen LogP) is 7.02. The van der Waals surface area contributed by atoms with Gasteiger partial charge in [-0.25, -0.2) is 9.97 Å². The Balaban J connectivity index is 1.59. The number of aromatic nitrogens is 3. The Morgan fingerprint density at radius 2 is 1.82 bits per heavy atom. The van der Waals surface area contributed by atoms with E-state index in [0.717, 1.165) is 23.1 Å². The summed E-state index contributed by atoms with van der Waals surface area (Å²) in [7, 11) is 0. The molecule has 0 aliphatic heterocycles. The smallest absolute Gasteiger partial charge is 0.282 e. The number of thiophene rings is 1. The summed E-state index contributed by atoms with van der Waals surface area (Å²) in [5, 5.41) is 1.78. The molecule has 0 atom stereocenters. The number of thioether (sulfide) groups is 1. The minimum absolute atomic E-state index is 0.213. The zero-order valence-electron chi connectivity index (χ0n) is 17.3. The van der Waals surface area contributed by atoms with E-state index in [9.17, 15) is 18.0 Å². The molecule has 0 fully saturated rings. The summed E-state index contributed by atoms with van der Waals surface area (Å²) in [4.78, 5) is 23.3. The topological polar surface area (TPSA) is 47.8 Å². The molecule has 0 bridgehead atoms. The normalized spacial score (nSPS) is 12.0. The number of hydrogen-bond donors (Lipinski definition) is 0. The number of pyridine rings is 1. The Hall–Kier alpha value is -2.88. The molecule has 0 saturated heterocycles. The van der Waals surface area contributed by atoms with Gasteiger partial charge in [0.1, 0.15) is 9.53 Å². The van der Waals surface area contributed by atoms with Crippen molar-refractivity contribution in [1.29, 1.82) is 0 Å². The van der Waals surface area contributed by atoms with E-state index in [2.05, 4.69) is 4.98 Å². The lowest BCUT2D eigenvalue weighted by molar-refractivity contribution is -0.137. The van der Waals surface area contributed by atoms with Crippen LogP contribution in [-0.4, -0.2) is 14.5 Å². The Labute approximate surface area is 205 Å². The molecule has 0 aliphatic rings. The molecule has 34 heavy (non-hydrogen) atoms. The first kappa shape index (κ1) is 22.9. The first-order valence-electron chi connectivity index (χ1n) is 10.1. The molecule has 10 heteroatoms. The van der Waals surface area contributed by atoms with Gasteiger partial charge in [0.25, 0.3) is 5.56 Å². The van der Waals surface area contributed by atoms with Gasteiger partial charge < -0.3 is 0 Å². The molecule has 3 heterocycles. The van der Waals surface area contributed by atoms with E-state index in [0.29, 0.717) is 30.8 Å². The lowest BCUT2D eigenvalue weighted by Crippen LogP contribution is -2.23. The first-order chi connectivity index (χ1) is 16.3. The van der Waals surface area contributed by atoms with Gasteiger partial charge in [-0.1, -0.05) is 53.7 Å². The highest BCUT2D eigenvalue weighted by atomic mass is 35.5. The molecule has 0 saturated carbocycles. The fourth-order valence-corrected chi connectivity index (χ4v) is 5.64. The van der Waals surface area contributed by atoms with Gasteiger partial charge in [-0.15, -0.1) is 11.3 Å². The van der Waals surface area contributed by atoms with Crippen molar-refractivity contribution in [3.05, 3.63) is 98.9 Å². The van der Waals surface area contributed by atoms with Gasteiger partial charge in [0.05, 0.1) is 17.6 Å². The van der Waals surface area contributed by atoms with Crippen LogP contribution in [0.5, 0.6) is 0 Å². The van der Waals surface area contributed by atoms with Gasteiger partial charge in [0.15, 0.2) is 5.16 Å². The second-order valence-corrected chi connectivity index (χ2v) is 9.91. The average molecular weight is 518 g/mol. The fraction of sp³-hybridized carbons (Fsp3) is 0.125. The minimum atomic E-state index is -4.42. The number of benzene rings is 2. The van der Waals surface area contributed by atoms with Crippen molar-refractivity contribution in [2.24, 2.45) is 0 Å². The van der Waals surface area contributed by atoms with Crippen LogP contribution >= 0.6 is 34.7 Å². The Morgan fingerprint density at radius 3 is 2.59 bits per heavy atom. The molecule has 4 nitrogen and oxygen atoms in total. The summed E-state index contributed by atoms with van der Waals surface area (Å²) >= 11 is 8.50. The molecule has 5 aromatic rings. The Kier molecular flexibility index (Phi) is 6.09. The molecule has 3 aromatic heterocycles. The van der Waals surface area contributed by atoms with E-state index in [1.807, 2.05) is 18.2 Å². The van der Waals surface area contributed by atoms with Crippen LogP contribution in [0.1, 0.15) is 16.7 Å². The number of nitrogens with zero attached hydrogens (tertiary/aromatic N) is 3. The van der Waals surface area contributed by atoms with Crippen molar-refractivity contribution in [3.63, 3.8) is 0 Å². The van der Waals surface area contributed by atoms with Gasteiger partial charge in [-0.2, -0.15) is 13.2 Å². The molecule has 0 N–H and O–H groups in total. The van der Waals surface area contributed by atoms with Crippen molar-refractivity contribution < 1.29 is 13.2 Å². The third-order valence-corrected chi connectivity index (χ3v) is 7.58. The second kappa shape index (κ2) is 9.05. The average Bonchev–Trinajstić information content (AvgIpc) is 3.20. The maximum absolute atomic E-state index is 13.5. The molecule has 5 rings (SSSR count). The molecule has 0 aliphatic carbocycles. The van der Waals surface area contributed by atoms with E-state index >= 15 is 0 Å². The molecule has 0 unspecified atom stereocenters. The highest BCUT2D eigenvalue weighted by molar-refractivity contribution is 7.98. The monoisotopic (exact) mass is 517 g/mol. The molecule has 0 radical (unpaired) electrons. The quantitative estimate of drug-likeness (QED) is 0.186. The third-order valence-electron chi connectivity index (χ3n) is 5.19. The SMILES string of the molecule is O=c1c2sc3ncccc3c2nc(SCc2cccc(C(F)(F)F)c2)n1Cc1ccc(Cl)cc1. The van der Waals surface area contributed by atoms with Crippen LogP contribution in [0, 0.1) is 0 Å². The second-order valence-electron chi connectivity index (χ2n) is 7.53. The van der Waals surface area contributed by atoms with Gasteiger partial charge in [0, 0.05) is 22.4 Å². The molecule has 172 valence electrons. The van der Waals surface area contributed by atoms with Crippen molar-refractivity contribution in [2.75, 3.05) is 0 Å². The number of halogens is 4. The first-order valence-corrected chi connectivity index (χ1v) is 12.3. The van der Waals surface area contributed by atoms with Crippen LogP contribution < -0.4 is 5.56 Å². The zero-order valence-corrected chi connectivity index (χ0v) is 19.7. The fourth-order valence-electron chi connectivity index (χ4n) is 3.55. The number of rotatable bonds is 5. The zero-order chi connectivity index (χ0) is 23.9. The number of alkyl halides is 3. The largest absolute Gasteiger partial charge is 0.416 e. The van der Waals surface area contributed by atoms with E-state index in [1.54, 1.807) is 35.0 Å². The van der Waals surface area contributed by atoms with Crippen molar-refractivity contribution in [2.45, 2.75) is 23.6 Å². The number of fused-ring (bicyclic) bond motifs is 3. The molecular formula is C24H15ClF3N3OS2. The summed E-state index contributed by atoms with van der Waals surface area (Å²) in [5.41, 5.74) is 0.978. The third kappa shape index (κ3) is 4.55. The van der Waals surface area contributed by atoms with E-state index in [4.69, 9.17) is 16.6 Å². The summed E-state index contributed by atoms with van der Waals surface area (Å²) < 4.78 is 41.4. The Bertz CT molecular complexity index is 1560. The molecule has 0 spiro atoms. The van der Waals surface area contributed by atoms with Gasteiger partial charge in [0.2, 0.25) is 0 Å². The number of hydrogen-bond acceptors (Lipinski definition) is 5. The highest BCUT2D eigenvalue weighted by Crippen LogP contribution is 2.33. The lowest BCUT2D eigenvalue weighted by Gasteiger charge is -2.13. The summed E-state index contributed by atoms with van der Waals surface area (Å²) in [6.45, 7) is 0.255. The van der Waals surface area contributed by atoms with Crippen LogP contribution in [0.15, 0.2) is 76.8 Å². The Morgan fingerprint density at radius 1 is 1.03 bits per heavy atom. The van der Waals surface area contributed by atoms with Crippen LogP contribution in [0.25, 0.3) is 20.4 Å². The molecule has 2 aromatic carbocycles. The standard InChI is InChI=1S/C24H15ClF3N3OS2/c25-17-8-6-14(7-9-17)12-31-22(32)20-19(18-5-2-10-29-21(18)34-20)30-23(31)33-13-15-3-1-4-16(11-15)24(26,27)28/h1-11H,12-13H2. The predicted molar refractivity (Wildman–Crippen MR) is 131 cm³/mol. The van der Waals surface area contributed by atoms with Crippen molar-refractivity contribution in [1.82, 2.24) is 14.5 Å². The van der Waals surface area contributed by atoms with E-state index in [-0.39, 0.29) is 17.9 Å². The van der Waals surface area contributed by atoms with E-state index in [1.165, 1.54) is 29.2 Å². The van der Waals surface area contributed by atoms with Crippen LogP contribution in [0.3, 0.4) is 0 Å². The van der Waals surface area contributed by atoms with Crippen LogP contribution in [0.2, 0.25) is 5.02 Å². The van der Waals surface area contributed by atoms with Crippen LogP contribution in [0.4, 0.5) is 13.2 Å². The minimum Gasteiger partial charge on any atom is -0.282 e. The summed E-state index contributed by atoms with van der Waals surface area (Å²) in [5.74, 6) is 0.225. The maximum Gasteiger partial charge on any atom is 0.416 e. The van der Waals surface area contributed by atoms with Gasteiger partial charge in [-0.05, 0) is 41.5 Å².